The highest BCUT2D eigenvalue weighted by atomic mass is 16.5. The summed E-state index contributed by atoms with van der Waals surface area (Å²) >= 11 is 0. The molecule has 5 nitrogen and oxygen atoms in total. The average Bonchev–Trinajstić information content (AvgIpc) is 2.74. The van der Waals surface area contributed by atoms with Crippen molar-refractivity contribution in [1.82, 2.24) is 9.55 Å². The summed E-state index contributed by atoms with van der Waals surface area (Å²) in [6.45, 7) is 4.71. The molecule has 0 radical (unpaired) electrons. The summed E-state index contributed by atoms with van der Waals surface area (Å²) in [7, 11) is 5.25. The summed E-state index contributed by atoms with van der Waals surface area (Å²) in [6.07, 6.45) is 0. The van der Waals surface area contributed by atoms with Gasteiger partial charge in [-0.25, -0.2) is 4.98 Å². The fourth-order valence-electron chi connectivity index (χ4n) is 2.22. The monoisotopic (exact) mass is 263 g/mol. The van der Waals surface area contributed by atoms with E-state index < -0.39 is 0 Å². The van der Waals surface area contributed by atoms with Gasteiger partial charge in [0.25, 0.3) is 0 Å². The highest BCUT2D eigenvalue weighted by Crippen LogP contribution is 2.34. The van der Waals surface area contributed by atoms with Gasteiger partial charge in [-0.15, -0.1) is 0 Å². The number of aromatic nitrogens is 2. The SMILES string of the molecule is COc1cc2nc(C(C)(C)CN)n(C)c2cc1OC. The Balaban J connectivity index is 2.70. The summed E-state index contributed by atoms with van der Waals surface area (Å²) in [6, 6.07) is 3.83. The molecule has 2 aromatic rings. The molecule has 0 unspecified atom stereocenters. The maximum atomic E-state index is 5.84. The van der Waals surface area contributed by atoms with Crippen molar-refractivity contribution in [2.24, 2.45) is 12.8 Å². The molecule has 2 N–H and O–H groups in total. The molecular weight excluding hydrogens is 242 g/mol. The predicted molar refractivity (Wildman–Crippen MR) is 75.9 cm³/mol. The van der Waals surface area contributed by atoms with Crippen molar-refractivity contribution in [2.75, 3.05) is 20.8 Å². The zero-order valence-corrected chi connectivity index (χ0v) is 12.2. The molecule has 0 saturated carbocycles. The Kier molecular flexibility index (Phi) is 3.41. The van der Waals surface area contributed by atoms with Gasteiger partial charge in [0.2, 0.25) is 0 Å². The second kappa shape index (κ2) is 4.74. The van der Waals surface area contributed by atoms with Crippen LogP contribution >= 0.6 is 0 Å². The Morgan fingerprint density at radius 1 is 1.21 bits per heavy atom. The normalized spacial score (nSPS) is 11.9. The summed E-state index contributed by atoms with van der Waals surface area (Å²) in [5.41, 5.74) is 7.56. The summed E-state index contributed by atoms with van der Waals surface area (Å²) < 4.78 is 12.7. The number of nitrogens with two attached hydrogens (primary N) is 1. The van der Waals surface area contributed by atoms with E-state index in [1.54, 1.807) is 14.2 Å². The second-order valence-electron chi connectivity index (χ2n) is 5.28. The van der Waals surface area contributed by atoms with Crippen molar-refractivity contribution in [3.8, 4) is 11.5 Å². The minimum atomic E-state index is -0.172. The van der Waals surface area contributed by atoms with Gasteiger partial charge >= 0.3 is 0 Å². The molecule has 104 valence electrons. The highest BCUT2D eigenvalue weighted by molar-refractivity contribution is 5.80. The number of fused-ring (bicyclic) bond motifs is 1. The molecule has 5 heteroatoms. The molecule has 19 heavy (non-hydrogen) atoms. The first-order chi connectivity index (χ1) is 8.94. The first-order valence-corrected chi connectivity index (χ1v) is 6.23. The molecule has 0 bridgehead atoms. The van der Waals surface area contributed by atoms with Gasteiger partial charge in [0.15, 0.2) is 11.5 Å². The lowest BCUT2D eigenvalue weighted by Gasteiger charge is -2.21. The van der Waals surface area contributed by atoms with Crippen LogP contribution in [0.1, 0.15) is 19.7 Å². The maximum Gasteiger partial charge on any atom is 0.163 e. The fraction of sp³-hybridized carbons (Fsp3) is 0.500. The molecule has 1 aromatic carbocycles. The van der Waals surface area contributed by atoms with Crippen molar-refractivity contribution in [3.63, 3.8) is 0 Å². The number of nitrogens with zero attached hydrogens (tertiary/aromatic N) is 2. The van der Waals surface area contributed by atoms with Gasteiger partial charge in [0.1, 0.15) is 5.82 Å². The van der Waals surface area contributed by atoms with E-state index in [4.69, 9.17) is 15.2 Å². The summed E-state index contributed by atoms with van der Waals surface area (Å²) in [5, 5.41) is 0. The van der Waals surface area contributed by atoms with E-state index in [0.29, 0.717) is 18.0 Å². The number of hydrogen-bond acceptors (Lipinski definition) is 4. The average molecular weight is 263 g/mol. The number of aryl methyl sites for hydroxylation is 1. The lowest BCUT2D eigenvalue weighted by Crippen LogP contribution is -2.31. The lowest BCUT2D eigenvalue weighted by atomic mass is 9.93. The van der Waals surface area contributed by atoms with Gasteiger partial charge in [0.05, 0.1) is 25.3 Å². The summed E-state index contributed by atoms with van der Waals surface area (Å²) in [4.78, 5) is 4.69. The first kappa shape index (κ1) is 13.7. The van der Waals surface area contributed by atoms with Crippen LogP contribution in [0.4, 0.5) is 0 Å². The zero-order valence-electron chi connectivity index (χ0n) is 12.2. The lowest BCUT2D eigenvalue weighted by molar-refractivity contribution is 0.355. The standard InChI is InChI=1S/C14H21N3O2/c1-14(2,8-15)13-16-9-6-11(18-4)12(19-5)7-10(9)17(13)3/h6-7H,8,15H2,1-5H3. The molecule has 0 atom stereocenters. The third-order valence-corrected chi connectivity index (χ3v) is 3.50. The molecule has 0 saturated heterocycles. The van der Waals surface area contributed by atoms with Crippen molar-refractivity contribution in [1.29, 1.82) is 0 Å². The van der Waals surface area contributed by atoms with Crippen LogP contribution in [0.25, 0.3) is 11.0 Å². The Labute approximate surface area is 113 Å². The highest BCUT2D eigenvalue weighted by Gasteiger charge is 2.25. The van der Waals surface area contributed by atoms with E-state index in [1.807, 2.05) is 19.2 Å². The minimum absolute atomic E-state index is 0.172. The van der Waals surface area contributed by atoms with Crippen LogP contribution < -0.4 is 15.2 Å². The van der Waals surface area contributed by atoms with Crippen LogP contribution in [0, 0.1) is 0 Å². The minimum Gasteiger partial charge on any atom is -0.493 e. The molecule has 0 aliphatic heterocycles. The van der Waals surface area contributed by atoms with Crippen molar-refractivity contribution in [2.45, 2.75) is 19.3 Å². The third-order valence-electron chi connectivity index (χ3n) is 3.50. The van der Waals surface area contributed by atoms with Crippen LogP contribution in [-0.2, 0) is 12.5 Å². The Hall–Kier alpha value is -1.75. The Morgan fingerprint density at radius 3 is 2.32 bits per heavy atom. The molecule has 1 aromatic heterocycles. The molecule has 0 spiro atoms. The quantitative estimate of drug-likeness (QED) is 0.914. The van der Waals surface area contributed by atoms with Crippen LogP contribution in [0.2, 0.25) is 0 Å². The molecular formula is C14H21N3O2. The summed E-state index contributed by atoms with van der Waals surface area (Å²) in [5.74, 6) is 2.35. The largest absolute Gasteiger partial charge is 0.493 e. The second-order valence-corrected chi connectivity index (χ2v) is 5.28. The van der Waals surface area contributed by atoms with Crippen molar-refractivity contribution >= 4 is 11.0 Å². The van der Waals surface area contributed by atoms with E-state index in [2.05, 4.69) is 23.4 Å². The molecule has 0 aliphatic rings. The van der Waals surface area contributed by atoms with E-state index in [0.717, 1.165) is 16.9 Å². The van der Waals surface area contributed by atoms with E-state index >= 15 is 0 Å². The Morgan fingerprint density at radius 2 is 1.79 bits per heavy atom. The van der Waals surface area contributed by atoms with Crippen LogP contribution in [0.3, 0.4) is 0 Å². The molecule has 0 amide bonds. The predicted octanol–water partition coefficient (Wildman–Crippen LogP) is 1.83. The van der Waals surface area contributed by atoms with Crippen molar-refractivity contribution < 1.29 is 9.47 Å². The van der Waals surface area contributed by atoms with E-state index in [9.17, 15) is 0 Å². The molecule has 0 fully saturated rings. The fourth-order valence-corrected chi connectivity index (χ4v) is 2.22. The molecule has 2 rings (SSSR count). The number of ether oxygens (including phenoxy) is 2. The number of methoxy groups -OCH3 is 2. The zero-order chi connectivity index (χ0) is 14.2. The topological polar surface area (TPSA) is 62.3 Å². The first-order valence-electron chi connectivity index (χ1n) is 6.23. The van der Waals surface area contributed by atoms with E-state index in [1.165, 1.54) is 0 Å². The van der Waals surface area contributed by atoms with Crippen molar-refractivity contribution in [3.05, 3.63) is 18.0 Å². The van der Waals surface area contributed by atoms with Gasteiger partial charge in [0, 0.05) is 31.1 Å². The maximum absolute atomic E-state index is 5.84. The van der Waals surface area contributed by atoms with Crippen LogP contribution in [0.5, 0.6) is 11.5 Å². The van der Waals surface area contributed by atoms with E-state index in [-0.39, 0.29) is 5.41 Å². The van der Waals surface area contributed by atoms with Gasteiger partial charge < -0.3 is 19.8 Å². The number of imidazole rings is 1. The number of benzene rings is 1. The van der Waals surface area contributed by atoms with Gasteiger partial charge in [-0.2, -0.15) is 0 Å². The van der Waals surface area contributed by atoms with Gasteiger partial charge in [-0.05, 0) is 0 Å². The number of rotatable bonds is 4. The number of hydrogen-bond donors (Lipinski definition) is 1. The Bertz CT molecular complexity index is 602. The van der Waals surface area contributed by atoms with Crippen LogP contribution in [0.15, 0.2) is 12.1 Å². The smallest absolute Gasteiger partial charge is 0.163 e. The van der Waals surface area contributed by atoms with Gasteiger partial charge in [-0.1, -0.05) is 13.8 Å². The molecule has 1 heterocycles. The third kappa shape index (κ3) is 2.14. The van der Waals surface area contributed by atoms with Gasteiger partial charge in [-0.3, -0.25) is 0 Å². The molecule has 0 aliphatic carbocycles. The van der Waals surface area contributed by atoms with Crippen LogP contribution in [-0.4, -0.2) is 30.3 Å².